The lowest BCUT2D eigenvalue weighted by molar-refractivity contribution is -0.118. The summed E-state index contributed by atoms with van der Waals surface area (Å²) in [7, 11) is 1.18. The van der Waals surface area contributed by atoms with Crippen LogP contribution in [0.3, 0.4) is 0 Å². The van der Waals surface area contributed by atoms with Crippen LogP contribution in [-0.4, -0.2) is 40.6 Å². The number of hydrogen-bond donors (Lipinski definition) is 3. The summed E-state index contributed by atoms with van der Waals surface area (Å²) >= 11 is 1.56. The van der Waals surface area contributed by atoms with Crippen molar-refractivity contribution in [3.63, 3.8) is 0 Å². The predicted octanol–water partition coefficient (Wildman–Crippen LogP) is 3.19. The molecule has 4 N–H and O–H groups in total. The Kier molecular flexibility index (Phi) is 9.56. The number of rotatable bonds is 11. The molecule has 3 aromatic rings. The van der Waals surface area contributed by atoms with Crippen molar-refractivity contribution >= 4 is 45.1 Å². The molecule has 11 heteroatoms. The lowest BCUT2D eigenvalue weighted by atomic mass is 10.0. The number of benzene rings is 1. The Hall–Kier alpha value is -3.99. The number of nitrogens with one attached hydrogen (secondary N) is 2. The molecule has 0 aliphatic heterocycles. The van der Waals surface area contributed by atoms with E-state index in [-0.39, 0.29) is 18.7 Å². The zero-order valence-electron chi connectivity index (χ0n) is 21.0. The molecule has 10 nitrogen and oxygen atoms in total. The number of methoxy groups -OCH3 is 1. The highest BCUT2D eigenvalue weighted by molar-refractivity contribution is 7.18. The first-order valence-electron chi connectivity index (χ1n) is 11.9. The Labute approximate surface area is 218 Å². The number of alkyl carbamates (subject to hydrolysis) is 1. The fraction of sp³-hybridized carbons (Fsp3) is 0.346. The summed E-state index contributed by atoms with van der Waals surface area (Å²) < 4.78 is 7.19. The van der Waals surface area contributed by atoms with E-state index in [2.05, 4.69) is 35.3 Å². The Morgan fingerprint density at radius 3 is 2.70 bits per heavy atom. The first-order chi connectivity index (χ1) is 17.7. The van der Waals surface area contributed by atoms with Gasteiger partial charge in [0.05, 0.1) is 23.9 Å². The summed E-state index contributed by atoms with van der Waals surface area (Å²) in [6, 6.07) is 8.22. The molecule has 1 unspecified atom stereocenters. The number of hydrogen-bond acceptors (Lipinski definition) is 7. The van der Waals surface area contributed by atoms with Gasteiger partial charge in [-0.15, -0.1) is 11.3 Å². The van der Waals surface area contributed by atoms with Crippen molar-refractivity contribution in [2.24, 2.45) is 11.7 Å². The van der Waals surface area contributed by atoms with Crippen molar-refractivity contribution in [1.29, 1.82) is 0 Å². The summed E-state index contributed by atoms with van der Waals surface area (Å²) in [5.41, 5.74) is 6.88. The number of nitrogens with zero attached hydrogens (tertiary/aromatic N) is 2. The SMILES string of the molecule is COC(=O)NC(CCC=CC(N)=O)C(=O)Nc1cccn(Cc2nc3cccc(CC(C)C)c3s2)c1=O. The standard InChI is InChI=1S/C26H31N5O5S/c1-16(2)14-17-8-6-10-18-23(17)37-22(28-18)15-31-13-7-11-20(25(31)34)29-24(33)19(30-26(35)36-3)9-4-5-12-21(27)32/h5-8,10-13,16,19H,4,9,14-15H2,1-3H3,(H2,27,32)(H,29,33)(H,30,35). The van der Waals surface area contributed by atoms with Crippen LogP contribution in [0.1, 0.15) is 37.3 Å². The highest BCUT2D eigenvalue weighted by atomic mass is 32.1. The van der Waals surface area contributed by atoms with E-state index in [1.807, 2.05) is 12.1 Å². The number of pyridine rings is 1. The molecular weight excluding hydrogens is 494 g/mol. The molecule has 1 aromatic carbocycles. The van der Waals surface area contributed by atoms with Crippen LogP contribution in [0.5, 0.6) is 0 Å². The van der Waals surface area contributed by atoms with Gasteiger partial charge in [0.25, 0.3) is 5.56 Å². The number of aromatic nitrogens is 2. The third kappa shape index (κ3) is 7.74. The van der Waals surface area contributed by atoms with Crippen molar-refractivity contribution < 1.29 is 19.1 Å². The smallest absolute Gasteiger partial charge is 0.407 e. The number of ether oxygens (including phenoxy) is 1. The van der Waals surface area contributed by atoms with Crippen LogP contribution in [0.4, 0.5) is 10.5 Å². The van der Waals surface area contributed by atoms with Crippen LogP contribution < -0.4 is 21.9 Å². The molecule has 0 aliphatic rings. The summed E-state index contributed by atoms with van der Waals surface area (Å²) in [4.78, 5) is 53.3. The van der Waals surface area contributed by atoms with Gasteiger partial charge in [0, 0.05) is 6.20 Å². The van der Waals surface area contributed by atoms with E-state index in [1.165, 1.54) is 35.5 Å². The van der Waals surface area contributed by atoms with E-state index in [0.29, 0.717) is 12.3 Å². The van der Waals surface area contributed by atoms with Gasteiger partial charge < -0.3 is 25.7 Å². The molecule has 2 heterocycles. The van der Waals surface area contributed by atoms with Crippen molar-refractivity contribution in [1.82, 2.24) is 14.9 Å². The molecule has 37 heavy (non-hydrogen) atoms. The van der Waals surface area contributed by atoms with Crippen LogP contribution in [0, 0.1) is 5.92 Å². The number of thiazole rings is 1. The topological polar surface area (TPSA) is 145 Å². The van der Waals surface area contributed by atoms with Crippen LogP contribution >= 0.6 is 11.3 Å². The van der Waals surface area contributed by atoms with E-state index in [0.717, 1.165) is 21.6 Å². The molecule has 1 atom stereocenters. The quantitative estimate of drug-likeness (QED) is 0.328. The van der Waals surface area contributed by atoms with Crippen LogP contribution in [0.2, 0.25) is 0 Å². The summed E-state index contributed by atoms with van der Waals surface area (Å²) in [5, 5.41) is 5.82. The maximum atomic E-state index is 13.1. The second-order valence-corrected chi connectivity index (χ2v) is 9.97. The number of nitrogens with two attached hydrogens (primary N) is 1. The average molecular weight is 526 g/mol. The van der Waals surface area contributed by atoms with Gasteiger partial charge in [-0.2, -0.15) is 0 Å². The monoisotopic (exact) mass is 525 g/mol. The number of allylic oxidation sites excluding steroid dienone is 1. The summed E-state index contributed by atoms with van der Waals surface area (Å²) in [6.45, 7) is 4.59. The van der Waals surface area contributed by atoms with E-state index in [9.17, 15) is 19.2 Å². The fourth-order valence-corrected chi connectivity index (χ4v) is 4.86. The van der Waals surface area contributed by atoms with Crippen molar-refractivity contribution in [3.05, 3.63) is 69.6 Å². The number of fused-ring (bicyclic) bond motifs is 1. The summed E-state index contributed by atoms with van der Waals surface area (Å²) in [5.74, 6) is -0.696. The molecule has 0 bridgehead atoms. The van der Waals surface area contributed by atoms with E-state index in [1.54, 1.807) is 23.6 Å². The zero-order chi connectivity index (χ0) is 26.9. The van der Waals surface area contributed by atoms with Gasteiger partial charge in [0.15, 0.2) is 0 Å². The lowest BCUT2D eigenvalue weighted by Crippen LogP contribution is -2.44. The van der Waals surface area contributed by atoms with Gasteiger partial charge in [0.1, 0.15) is 16.7 Å². The Morgan fingerprint density at radius 1 is 1.22 bits per heavy atom. The predicted molar refractivity (Wildman–Crippen MR) is 143 cm³/mol. The zero-order valence-corrected chi connectivity index (χ0v) is 21.8. The van der Waals surface area contributed by atoms with E-state index in [4.69, 9.17) is 10.7 Å². The van der Waals surface area contributed by atoms with Crippen molar-refractivity contribution in [2.75, 3.05) is 12.4 Å². The molecular formula is C26H31N5O5S. The lowest BCUT2D eigenvalue weighted by Gasteiger charge is -2.17. The minimum atomic E-state index is -0.998. The minimum absolute atomic E-state index is 0.0680. The van der Waals surface area contributed by atoms with Crippen molar-refractivity contribution in [3.8, 4) is 0 Å². The van der Waals surface area contributed by atoms with Gasteiger partial charge in [0.2, 0.25) is 11.8 Å². The average Bonchev–Trinajstić information content (AvgIpc) is 3.26. The first-order valence-corrected chi connectivity index (χ1v) is 12.7. The Morgan fingerprint density at radius 2 is 2.00 bits per heavy atom. The van der Waals surface area contributed by atoms with Gasteiger partial charge in [-0.3, -0.25) is 14.4 Å². The number of amides is 3. The second kappa shape index (κ2) is 12.8. The van der Waals surface area contributed by atoms with Crippen LogP contribution in [-0.2, 0) is 27.3 Å². The molecule has 3 rings (SSSR count). The summed E-state index contributed by atoms with van der Waals surface area (Å²) in [6.07, 6.45) is 4.92. The molecule has 3 amide bonds. The van der Waals surface area contributed by atoms with E-state index < -0.39 is 29.5 Å². The first kappa shape index (κ1) is 27.6. The highest BCUT2D eigenvalue weighted by Gasteiger charge is 2.22. The molecule has 0 fully saturated rings. The van der Waals surface area contributed by atoms with Gasteiger partial charge in [-0.05, 0) is 55.0 Å². The molecule has 0 saturated carbocycles. The number of carbonyl (C=O) groups is 3. The third-order valence-electron chi connectivity index (χ3n) is 5.45. The fourth-order valence-electron chi connectivity index (χ4n) is 3.77. The van der Waals surface area contributed by atoms with Crippen LogP contribution in [0.25, 0.3) is 10.2 Å². The van der Waals surface area contributed by atoms with E-state index >= 15 is 0 Å². The maximum absolute atomic E-state index is 13.1. The Balaban J connectivity index is 1.78. The maximum Gasteiger partial charge on any atom is 0.407 e. The van der Waals surface area contributed by atoms with Crippen LogP contribution in [0.15, 0.2) is 53.5 Å². The molecule has 196 valence electrons. The Bertz CT molecular complexity index is 1360. The third-order valence-corrected chi connectivity index (χ3v) is 6.58. The second-order valence-electron chi connectivity index (χ2n) is 8.89. The number of primary amides is 1. The molecule has 2 aromatic heterocycles. The van der Waals surface area contributed by atoms with Gasteiger partial charge in [-0.1, -0.05) is 32.1 Å². The van der Waals surface area contributed by atoms with Gasteiger partial charge >= 0.3 is 6.09 Å². The number of anilines is 1. The molecule has 0 saturated heterocycles. The largest absolute Gasteiger partial charge is 0.453 e. The molecule has 0 aliphatic carbocycles. The molecule has 0 radical (unpaired) electrons. The van der Waals surface area contributed by atoms with Gasteiger partial charge in [-0.25, -0.2) is 9.78 Å². The molecule has 0 spiro atoms. The normalized spacial score (nSPS) is 12.1. The highest BCUT2D eigenvalue weighted by Crippen LogP contribution is 2.28. The number of carbonyl (C=O) groups excluding carboxylic acids is 3. The minimum Gasteiger partial charge on any atom is -0.453 e. The van der Waals surface area contributed by atoms with Crippen molar-refractivity contribution in [2.45, 2.75) is 45.7 Å².